The van der Waals surface area contributed by atoms with Gasteiger partial charge in [-0.15, -0.1) is 0 Å². The molecule has 5 aliphatic rings. The van der Waals surface area contributed by atoms with E-state index in [0.29, 0.717) is 148 Å². The summed E-state index contributed by atoms with van der Waals surface area (Å²) in [4.78, 5) is 42.1. The molecule has 9 aromatic carbocycles. The number of hydrogen-bond donors (Lipinski definition) is 2. The molecular formula is C100H98N8O6. The van der Waals surface area contributed by atoms with Crippen LogP contribution in [0.1, 0.15) is 181 Å². The van der Waals surface area contributed by atoms with Crippen LogP contribution >= 0.6 is 0 Å². The molecule has 3 aliphatic carbocycles. The fraction of sp³-hybridized carbons (Fsp3) is 0.280. The second-order valence-corrected chi connectivity index (χ2v) is 37.0. The molecule has 2 aliphatic heterocycles. The third kappa shape index (κ3) is 14.8. The highest BCUT2D eigenvalue weighted by atomic mass is 16.5. The molecule has 14 heteroatoms. The van der Waals surface area contributed by atoms with Gasteiger partial charge < -0.3 is 38.4 Å². The van der Waals surface area contributed by atoms with Gasteiger partial charge in [0.05, 0.1) is 0 Å². The molecule has 17 rings (SSSR count). The van der Waals surface area contributed by atoms with Crippen LogP contribution < -0.4 is 28.4 Å². The average molecular weight is 1510 g/mol. The third-order valence-corrected chi connectivity index (χ3v) is 22.5. The third-order valence-electron chi connectivity index (χ3n) is 22.5. The van der Waals surface area contributed by atoms with Crippen molar-refractivity contribution in [2.24, 2.45) is 11.8 Å². The van der Waals surface area contributed by atoms with E-state index in [1.54, 1.807) is 0 Å². The Kier molecular flexibility index (Phi) is 18.2. The summed E-state index contributed by atoms with van der Waals surface area (Å²) in [6.45, 7) is 39.7. The number of aromatic nitrogens is 8. The SMILES string of the molecule is CC(C)(C)c1ccc(Oc2cc3c(cc2Oc2ccc(C(C)(C)C)cc2)-c2nc-3nc3[nH]c(nc4nc(nc5[nH]c(n2)c2cc(Oc6ccc(C(C)(C)C)cc6)c(Oc6ccc(C(C)(C)C)cc6)cc52)C2C=CC=C5C=CC6=CC=CC4C6C52)c2cc(Oc4ccc(C(C)(C)C)cc4)c(Oc4ccc(C(C)(C)C)cc4)cc32)cc1. The number of aromatic amines is 2. The number of benzene rings is 9. The highest BCUT2D eigenvalue weighted by Crippen LogP contribution is 2.54. The fourth-order valence-electron chi connectivity index (χ4n) is 15.7. The van der Waals surface area contributed by atoms with Crippen molar-refractivity contribution in [3.63, 3.8) is 0 Å². The first-order chi connectivity index (χ1) is 54.1. The number of ether oxygens (including phenoxy) is 6. The van der Waals surface area contributed by atoms with Crippen molar-refractivity contribution < 1.29 is 28.4 Å². The first-order valence-corrected chi connectivity index (χ1v) is 39.7. The highest BCUT2D eigenvalue weighted by Gasteiger charge is 2.45. The molecule has 4 unspecified atom stereocenters. The maximum absolute atomic E-state index is 7.09. The van der Waals surface area contributed by atoms with Gasteiger partial charge in [-0.2, -0.15) is 0 Å². The summed E-state index contributed by atoms with van der Waals surface area (Å²) in [6.07, 6.45) is 17.7. The Morgan fingerprint density at radius 3 is 0.728 bits per heavy atom. The summed E-state index contributed by atoms with van der Waals surface area (Å²) >= 11 is 0. The summed E-state index contributed by atoms with van der Waals surface area (Å²) in [5, 5.41) is 2.73. The number of fused-ring (bicyclic) bond motifs is 19. The minimum Gasteiger partial charge on any atom is -0.453 e. The minimum absolute atomic E-state index is 0.0705. The summed E-state index contributed by atoms with van der Waals surface area (Å²) in [6, 6.07) is 61.4. The zero-order chi connectivity index (χ0) is 79.7. The quantitative estimate of drug-likeness (QED) is 0.119. The van der Waals surface area contributed by atoms with Crippen LogP contribution in [0, 0.1) is 11.8 Å². The van der Waals surface area contributed by atoms with Gasteiger partial charge in [0.25, 0.3) is 0 Å². The van der Waals surface area contributed by atoms with Crippen LogP contribution in [-0.2, 0) is 32.5 Å². The molecule has 14 nitrogen and oxygen atoms in total. The van der Waals surface area contributed by atoms with Crippen molar-refractivity contribution in [2.45, 2.75) is 169 Å². The van der Waals surface area contributed by atoms with Crippen LogP contribution in [0.3, 0.4) is 0 Å². The van der Waals surface area contributed by atoms with Gasteiger partial charge in [0.15, 0.2) is 46.1 Å². The van der Waals surface area contributed by atoms with Crippen LogP contribution in [0.5, 0.6) is 69.0 Å². The highest BCUT2D eigenvalue weighted by molar-refractivity contribution is 6.08. The molecule has 114 heavy (non-hydrogen) atoms. The van der Waals surface area contributed by atoms with Gasteiger partial charge >= 0.3 is 0 Å². The van der Waals surface area contributed by atoms with Crippen LogP contribution in [-0.4, -0.2) is 39.9 Å². The molecule has 3 aromatic heterocycles. The lowest BCUT2D eigenvalue weighted by atomic mass is 9.63. The molecule has 574 valence electrons. The molecule has 0 amide bonds. The molecule has 12 aromatic rings. The minimum atomic E-state index is -0.314. The number of H-pyrrole nitrogens is 2. The lowest BCUT2D eigenvalue weighted by Gasteiger charge is -2.39. The van der Waals surface area contributed by atoms with Gasteiger partial charge in [0.1, 0.15) is 68.7 Å². The molecule has 8 bridgehead atoms. The van der Waals surface area contributed by atoms with E-state index in [9.17, 15) is 0 Å². The van der Waals surface area contributed by atoms with E-state index in [0.717, 1.165) is 11.1 Å². The van der Waals surface area contributed by atoms with E-state index in [4.69, 9.17) is 58.3 Å². The average Bonchev–Trinajstić information content (AvgIpc) is 1.56. The lowest BCUT2D eigenvalue weighted by molar-refractivity contribution is 0.371. The number of hydrogen-bond acceptors (Lipinski definition) is 12. The number of nitrogens with one attached hydrogen (secondary N) is 2. The Hall–Kier alpha value is -12.2. The largest absolute Gasteiger partial charge is 0.453 e. The van der Waals surface area contributed by atoms with Crippen molar-refractivity contribution >= 4 is 44.1 Å². The molecule has 0 saturated carbocycles. The molecule has 4 atom stereocenters. The molecule has 0 spiro atoms. The lowest BCUT2D eigenvalue weighted by Crippen LogP contribution is -2.31. The number of nitrogens with zero attached hydrogens (tertiary/aromatic N) is 6. The van der Waals surface area contributed by atoms with Gasteiger partial charge in [-0.1, -0.05) is 246 Å². The standard InChI is InChI=1S/C100H98N8O6/c1-95(2,3)59-27-39-65(40-28-59)109-79-51-73-75(53-81(79)111-67-43-31-61(32-44-67)97(7,8)9)91-104-89(73)102-87-71-23-19-21-57-25-26-58-22-20-24-72(86(58)85(57)71)88(101-87)103-90-74-52-80(110-66-41-29-60(30-42-66)96(4,5)6)82(112-68-45-33-62(34-46-68)98(10,11)12)54-76(74)92(105-90)107-94-78-56-84(114-70-49-37-64(38-50-70)100(16,17)18)83(55-77(78)93(106-91)108-94)113-69-47-35-63(36-48-69)99(13,14)15/h19-56,71-72,85-86H,1-18H3,(H2,101,102,103,104,105,106,107,108). The Morgan fingerprint density at radius 1 is 0.263 bits per heavy atom. The smallest absolute Gasteiger partial charge is 0.170 e. The fourth-order valence-corrected chi connectivity index (χ4v) is 15.7. The second-order valence-electron chi connectivity index (χ2n) is 37.0. The summed E-state index contributed by atoms with van der Waals surface area (Å²) < 4.78 is 42.5. The number of rotatable bonds is 12. The molecule has 0 fully saturated rings. The van der Waals surface area contributed by atoms with Gasteiger partial charge in [-0.25, -0.2) is 29.9 Å². The Labute approximate surface area is 667 Å². The van der Waals surface area contributed by atoms with Crippen LogP contribution in [0.2, 0.25) is 0 Å². The van der Waals surface area contributed by atoms with Crippen molar-refractivity contribution in [1.82, 2.24) is 39.9 Å². The molecule has 5 heterocycles. The van der Waals surface area contributed by atoms with Crippen molar-refractivity contribution in [1.29, 1.82) is 0 Å². The predicted octanol–water partition coefficient (Wildman–Crippen LogP) is 26.7. The predicted molar refractivity (Wildman–Crippen MR) is 459 cm³/mol. The van der Waals surface area contributed by atoms with Gasteiger partial charge in [0.2, 0.25) is 0 Å². The summed E-state index contributed by atoms with van der Waals surface area (Å²) in [7, 11) is 0. The molecule has 0 saturated heterocycles. The summed E-state index contributed by atoms with van der Waals surface area (Å²) in [5.74, 6) is 7.36. The van der Waals surface area contributed by atoms with Crippen molar-refractivity contribution in [3.8, 4) is 91.8 Å². The molecular weight excluding hydrogens is 1410 g/mol. The Bertz CT molecular complexity index is 5770. The summed E-state index contributed by atoms with van der Waals surface area (Å²) in [5.41, 5.74) is 11.9. The monoisotopic (exact) mass is 1510 g/mol. The van der Waals surface area contributed by atoms with Crippen LogP contribution in [0.25, 0.3) is 66.9 Å². The van der Waals surface area contributed by atoms with Crippen molar-refractivity contribution in [2.75, 3.05) is 0 Å². The van der Waals surface area contributed by atoms with Gasteiger partial charge in [-0.05, 0) is 186 Å². The van der Waals surface area contributed by atoms with E-state index < -0.39 is 0 Å². The molecule has 0 radical (unpaired) electrons. The molecule has 2 N–H and O–H groups in total. The normalized spacial score (nSPS) is 16.7. The van der Waals surface area contributed by atoms with E-state index in [2.05, 4.69) is 256 Å². The second kappa shape index (κ2) is 27.9. The van der Waals surface area contributed by atoms with Crippen LogP contribution in [0.15, 0.2) is 242 Å². The van der Waals surface area contributed by atoms with Crippen LogP contribution in [0.4, 0.5) is 0 Å². The zero-order valence-corrected chi connectivity index (χ0v) is 68.4. The van der Waals surface area contributed by atoms with Crippen molar-refractivity contribution in [3.05, 3.63) is 287 Å². The Balaban J connectivity index is 0.977. The van der Waals surface area contributed by atoms with E-state index in [1.807, 2.05) is 109 Å². The first kappa shape index (κ1) is 74.6. The maximum Gasteiger partial charge on any atom is 0.170 e. The maximum atomic E-state index is 7.09. The number of allylic oxidation sites excluding steroid dienone is 10. The van der Waals surface area contributed by atoms with E-state index >= 15 is 0 Å². The van der Waals surface area contributed by atoms with E-state index in [-0.39, 0.29) is 56.2 Å². The van der Waals surface area contributed by atoms with E-state index in [1.165, 1.54) is 33.4 Å². The van der Waals surface area contributed by atoms with Gasteiger partial charge in [-0.3, -0.25) is 0 Å². The first-order valence-electron chi connectivity index (χ1n) is 39.7. The van der Waals surface area contributed by atoms with Gasteiger partial charge in [0, 0.05) is 56.3 Å². The Morgan fingerprint density at radius 2 is 0.491 bits per heavy atom. The zero-order valence-electron chi connectivity index (χ0n) is 68.4. The topological polar surface area (TPSA) is 164 Å².